The van der Waals surface area contributed by atoms with Crippen molar-refractivity contribution < 1.29 is 64.0 Å². The molecule has 0 radical (unpaired) electrons. The van der Waals surface area contributed by atoms with Crippen LogP contribution in [0.25, 0.3) is 5.57 Å². The highest BCUT2D eigenvalue weighted by Crippen LogP contribution is 2.55. The Bertz CT molecular complexity index is 1160. The molecule has 0 unspecified atom stereocenters. The van der Waals surface area contributed by atoms with Crippen LogP contribution in [0.15, 0.2) is 48.6 Å². The summed E-state index contributed by atoms with van der Waals surface area (Å²) in [5.41, 5.74) is -4.90. The molecule has 0 saturated heterocycles. The molecule has 0 saturated carbocycles. The molecule has 0 aliphatic rings. The quantitative estimate of drug-likeness (QED) is 0.198. The van der Waals surface area contributed by atoms with Gasteiger partial charge in [0.15, 0.2) is 0 Å². The van der Waals surface area contributed by atoms with Gasteiger partial charge >= 0.3 is 24.2 Å². The molecule has 0 spiro atoms. The van der Waals surface area contributed by atoms with E-state index >= 15 is 0 Å². The van der Waals surface area contributed by atoms with E-state index in [2.05, 4.69) is 0 Å². The summed E-state index contributed by atoms with van der Waals surface area (Å²) < 4.78 is 137. The zero-order valence-corrected chi connectivity index (χ0v) is 20.7. The van der Waals surface area contributed by atoms with E-state index in [1.807, 2.05) is 0 Å². The minimum Gasteiger partial charge on any atom is -0.488 e. The molecule has 1 aromatic carbocycles. The molecule has 0 amide bonds. The number of allylic oxidation sites excluding steroid dienone is 3. The van der Waals surface area contributed by atoms with Crippen molar-refractivity contribution in [2.75, 3.05) is 0 Å². The topological polar surface area (TPSA) is 69.9 Å². The average molecular weight is 596 g/mol. The van der Waals surface area contributed by atoms with Gasteiger partial charge in [-0.25, -0.2) is 0 Å². The van der Waals surface area contributed by atoms with E-state index in [0.717, 1.165) is 17.4 Å². The lowest BCUT2D eigenvalue weighted by molar-refractivity contribution is -0.409. The highest BCUT2D eigenvalue weighted by atomic mass is 32.1. The van der Waals surface area contributed by atoms with Gasteiger partial charge in [-0.15, -0.1) is 11.3 Å². The molecule has 2 aromatic rings. The van der Waals surface area contributed by atoms with Gasteiger partial charge in [0.05, 0.1) is 13.2 Å². The average Bonchev–Trinajstić information content (AvgIpc) is 3.32. The van der Waals surface area contributed by atoms with Crippen LogP contribution in [0.5, 0.6) is 5.75 Å². The van der Waals surface area contributed by atoms with Gasteiger partial charge in [0.2, 0.25) is 5.60 Å². The first-order chi connectivity index (χ1) is 17.9. The molecule has 2 rings (SSSR count). The molecule has 0 aliphatic carbocycles. The first-order valence-corrected chi connectivity index (χ1v) is 11.7. The summed E-state index contributed by atoms with van der Waals surface area (Å²) in [7, 11) is 0. The van der Waals surface area contributed by atoms with Gasteiger partial charge in [0.25, 0.3) is 0 Å². The van der Waals surface area contributed by atoms with Crippen molar-refractivity contribution in [1.82, 2.24) is 0 Å². The zero-order valence-electron chi connectivity index (χ0n) is 19.9. The van der Waals surface area contributed by atoms with Crippen molar-refractivity contribution >= 4 is 16.9 Å². The van der Waals surface area contributed by atoms with Crippen LogP contribution in [0.3, 0.4) is 0 Å². The smallest absolute Gasteiger partial charge is 0.457 e. The lowest BCUT2D eigenvalue weighted by Gasteiger charge is -2.40. The summed E-state index contributed by atoms with van der Waals surface area (Å²) in [5, 5.41) is 28.1. The van der Waals surface area contributed by atoms with E-state index < -0.39 is 35.9 Å². The maximum absolute atomic E-state index is 13.8. The molecule has 15 heteroatoms. The number of aliphatic hydroxyl groups is 3. The maximum atomic E-state index is 13.8. The highest BCUT2D eigenvalue weighted by molar-refractivity contribution is 7.13. The maximum Gasteiger partial charge on any atom is 0.457 e. The molecule has 1 heterocycles. The van der Waals surface area contributed by atoms with E-state index in [0.29, 0.717) is 26.6 Å². The lowest BCUT2D eigenvalue weighted by atomic mass is 9.86. The van der Waals surface area contributed by atoms with Gasteiger partial charge in [-0.05, 0) is 53.5 Å². The Hall–Kier alpha value is -2.62. The molecule has 4 nitrogen and oxygen atoms in total. The predicted octanol–water partition coefficient (Wildman–Crippen LogP) is 6.79. The fourth-order valence-corrected chi connectivity index (χ4v) is 4.31. The Balaban J connectivity index is 2.33. The van der Waals surface area contributed by atoms with Crippen molar-refractivity contribution in [2.45, 2.75) is 63.0 Å². The highest BCUT2D eigenvalue weighted by Gasteiger charge is 2.83. The molecule has 0 fully saturated rings. The van der Waals surface area contributed by atoms with Gasteiger partial charge in [-0.2, -0.15) is 43.9 Å². The molecule has 0 atom stereocenters. The number of hydrogen-bond donors (Lipinski definition) is 3. The number of halogens is 10. The van der Waals surface area contributed by atoms with Crippen LogP contribution in [-0.2, 0) is 19.8 Å². The monoisotopic (exact) mass is 596 g/mol. The summed E-state index contributed by atoms with van der Waals surface area (Å²) in [6.07, 6.45) is -13.9. The van der Waals surface area contributed by atoms with Gasteiger partial charge < -0.3 is 20.1 Å². The summed E-state index contributed by atoms with van der Waals surface area (Å²) in [6, 6.07) is 7.60. The number of alkyl halides is 10. The third-order valence-corrected chi connectivity index (χ3v) is 6.70. The van der Waals surface area contributed by atoms with Crippen molar-refractivity contribution in [1.29, 1.82) is 0 Å². The van der Waals surface area contributed by atoms with E-state index in [1.165, 1.54) is 31.2 Å². The summed E-state index contributed by atoms with van der Waals surface area (Å²) in [6.45, 7) is 0.823. The minimum atomic E-state index is -6.93. The first-order valence-electron chi connectivity index (χ1n) is 10.9. The van der Waals surface area contributed by atoms with Crippen LogP contribution < -0.4 is 4.74 Å². The van der Waals surface area contributed by atoms with Gasteiger partial charge in [0.1, 0.15) is 12.4 Å². The van der Waals surface area contributed by atoms with E-state index in [4.69, 9.17) is 4.74 Å². The van der Waals surface area contributed by atoms with E-state index in [-0.39, 0.29) is 37.9 Å². The number of hydrogen-bond acceptors (Lipinski definition) is 5. The molecular formula is C24H22F10O4S. The number of thiophene rings is 1. The fourth-order valence-electron chi connectivity index (χ4n) is 3.29. The third-order valence-electron chi connectivity index (χ3n) is 5.56. The van der Waals surface area contributed by atoms with Gasteiger partial charge in [-0.3, -0.25) is 0 Å². The normalized spacial score (nSPS) is 14.4. The fraction of sp³-hybridized carbons (Fsp3) is 0.417. The van der Waals surface area contributed by atoms with E-state index in [1.54, 1.807) is 6.07 Å². The SMILES string of the molecule is CC/C(=C/C=C/C(O)(C(F)(F)C(F)(F)F)C(F)(F)C(F)(F)F)c1ccc(COc2ccc(CO)c(CO)c2)s1. The Kier molecular flexibility index (Phi) is 9.91. The zero-order chi connectivity index (χ0) is 29.9. The Labute approximate surface area is 219 Å². The largest absolute Gasteiger partial charge is 0.488 e. The number of aliphatic hydroxyl groups excluding tert-OH is 2. The van der Waals surface area contributed by atoms with Crippen molar-refractivity contribution in [3.8, 4) is 5.75 Å². The second-order valence-electron chi connectivity index (χ2n) is 8.12. The van der Waals surface area contributed by atoms with Crippen LogP contribution >= 0.6 is 11.3 Å². The Morgan fingerprint density at radius 1 is 0.846 bits per heavy atom. The third kappa shape index (κ3) is 6.58. The van der Waals surface area contributed by atoms with Crippen molar-refractivity contribution in [2.24, 2.45) is 0 Å². The molecule has 0 bridgehead atoms. The van der Waals surface area contributed by atoms with Crippen LogP contribution in [0.2, 0.25) is 0 Å². The first kappa shape index (κ1) is 32.6. The molecule has 39 heavy (non-hydrogen) atoms. The molecule has 3 N–H and O–H groups in total. The lowest BCUT2D eigenvalue weighted by Crippen LogP contribution is -2.69. The molecular weight excluding hydrogens is 574 g/mol. The summed E-state index contributed by atoms with van der Waals surface area (Å²) in [4.78, 5) is 0.926. The molecule has 218 valence electrons. The number of benzene rings is 1. The standard InChI is InChI=1S/C24H22F10O4S/c1-2-14(4-3-9-20(37,21(25,26)23(29,30)31)22(27,28)24(32,33)34)19-8-7-18(39-19)13-38-17-6-5-15(11-35)16(10-17)12-36/h3-10,35-37H,2,11-13H2,1H3/b9-3+,14-4-. The number of ether oxygens (including phenoxy) is 1. The van der Waals surface area contributed by atoms with Crippen LogP contribution in [-0.4, -0.2) is 45.1 Å². The van der Waals surface area contributed by atoms with E-state index in [9.17, 15) is 59.2 Å². The van der Waals surface area contributed by atoms with Crippen molar-refractivity contribution in [3.63, 3.8) is 0 Å². The second-order valence-corrected chi connectivity index (χ2v) is 9.28. The van der Waals surface area contributed by atoms with Crippen molar-refractivity contribution in [3.05, 3.63) is 69.4 Å². The number of rotatable bonds is 11. The van der Waals surface area contributed by atoms with Crippen LogP contribution in [0.1, 0.15) is 34.2 Å². The molecule has 1 aromatic heterocycles. The predicted molar refractivity (Wildman–Crippen MR) is 121 cm³/mol. The Morgan fingerprint density at radius 3 is 1.90 bits per heavy atom. The second kappa shape index (κ2) is 11.9. The Morgan fingerprint density at radius 2 is 1.41 bits per heavy atom. The summed E-state index contributed by atoms with van der Waals surface area (Å²) in [5.74, 6) is -13.4. The minimum absolute atomic E-state index is 0.0177. The molecule has 0 aliphatic heterocycles. The van der Waals surface area contributed by atoms with Crippen LogP contribution in [0.4, 0.5) is 43.9 Å². The van der Waals surface area contributed by atoms with Gasteiger partial charge in [-0.1, -0.05) is 25.1 Å². The summed E-state index contributed by atoms with van der Waals surface area (Å²) >= 11 is 1.04. The van der Waals surface area contributed by atoms with Crippen LogP contribution in [0, 0.1) is 0 Å². The van der Waals surface area contributed by atoms with Gasteiger partial charge in [0, 0.05) is 9.75 Å².